The molecule has 1 heteroatoms. The zero-order valence-corrected chi connectivity index (χ0v) is 11.0. The Labute approximate surface area is 95.1 Å². The first kappa shape index (κ1) is 16.2. The van der Waals surface area contributed by atoms with Gasteiger partial charge in [0.05, 0.1) is 0 Å². The summed E-state index contributed by atoms with van der Waals surface area (Å²) in [5.74, 6) is 0. The van der Waals surface area contributed by atoms with Crippen molar-refractivity contribution in [3.63, 3.8) is 0 Å². The average Bonchev–Trinajstić information content (AvgIpc) is 2.70. The van der Waals surface area contributed by atoms with E-state index < -0.39 is 0 Å². The van der Waals surface area contributed by atoms with Gasteiger partial charge in [0.15, 0.2) is 0 Å². The van der Waals surface area contributed by atoms with Crippen LogP contribution >= 0.6 is 0 Å². The Kier molecular flexibility index (Phi) is 11.7. The fraction of sp³-hybridized carbons (Fsp3) is 0.429. The van der Waals surface area contributed by atoms with Crippen molar-refractivity contribution in [2.45, 2.75) is 41.5 Å². The maximum absolute atomic E-state index is 3.72. The topological polar surface area (TPSA) is 4.93 Å². The molecule has 0 amide bonds. The van der Waals surface area contributed by atoms with Gasteiger partial charge in [-0.2, -0.15) is 0 Å². The Morgan fingerprint density at radius 1 is 1.20 bits per heavy atom. The Balaban J connectivity index is 0. The SMILES string of the molecule is C=Cc1cccn1C=C(C)C.CC.CC. The second-order valence-electron chi connectivity index (χ2n) is 2.75. The highest BCUT2D eigenvalue weighted by Gasteiger charge is 1.90. The normalized spacial score (nSPS) is 7.60. The lowest BCUT2D eigenvalue weighted by molar-refractivity contribution is 1.13. The molecule has 15 heavy (non-hydrogen) atoms. The molecule has 0 fully saturated rings. The summed E-state index contributed by atoms with van der Waals surface area (Å²) in [4.78, 5) is 0. The monoisotopic (exact) mass is 207 g/mol. The maximum Gasteiger partial charge on any atom is 0.0443 e. The zero-order chi connectivity index (χ0) is 12.3. The fourth-order valence-corrected chi connectivity index (χ4v) is 0.976. The highest BCUT2D eigenvalue weighted by molar-refractivity contribution is 5.48. The third-order valence-electron chi connectivity index (χ3n) is 1.42. The molecule has 0 saturated carbocycles. The average molecular weight is 207 g/mol. The molecule has 86 valence electrons. The summed E-state index contributed by atoms with van der Waals surface area (Å²) in [6, 6.07) is 4.04. The summed E-state index contributed by atoms with van der Waals surface area (Å²) in [6.45, 7) is 15.9. The van der Waals surface area contributed by atoms with E-state index in [1.807, 2.05) is 52.1 Å². The van der Waals surface area contributed by atoms with Gasteiger partial charge in [-0.25, -0.2) is 0 Å². The van der Waals surface area contributed by atoms with E-state index in [1.54, 1.807) is 0 Å². The van der Waals surface area contributed by atoms with Crippen LogP contribution in [-0.2, 0) is 0 Å². The molecule has 1 nitrogen and oxygen atoms in total. The van der Waals surface area contributed by atoms with Crippen LogP contribution in [0.1, 0.15) is 47.2 Å². The van der Waals surface area contributed by atoms with Crippen molar-refractivity contribution in [2.24, 2.45) is 0 Å². The van der Waals surface area contributed by atoms with Crippen molar-refractivity contribution in [1.82, 2.24) is 4.57 Å². The van der Waals surface area contributed by atoms with Gasteiger partial charge in [0.25, 0.3) is 0 Å². The summed E-state index contributed by atoms with van der Waals surface area (Å²) < 4.78 is 2.06. The van der Waals surface area contributed by atoms with E-state index in [-0.39, 0.29) is 0 Å². The molecule has 0 aliphatic heterocycles. The second-order valence-corrected chi connectivity index (χ2v) is 2.75. The van der Waals surface area contributed by atoms with Gasteiger partial charge >= 0.3 is 0 Å². The number of allylic oxidation sites excluding steroid dienone is 1. The van der Waals surface area contributed by atoms with E-state index in [9.17, 15) is 0 Å². The van der Waals surface area contributed by atoms with Gasteiger partial charge in [-0.05, 0) is 32.1 Å². The van der Waals surface area contributed by atoms with Crippen LogP contribution in [0.15, 0.2) is 30.5 Å². The summed E-state index contributed by atoms with van der Waals surface area (Å²) in [5.41, 5.74) is 2.41. The lowest BCUT2D eigenvalue weighted by Crippen LogP contribution is -1.86. The Morgan fingerprint density at radius 2 is 1.73 bits per heavy atom. The number of nitrogens with zero attached hydrogens (tertiary/aromatic N) is 1. The standard InChI is InChI=1S/C10H13N.2C2H6/c1-4-10-6-5-7-11(10)8-9(2)3;2*1-2/h4-8H,1H2,2-3H3;2*1-2H3. The van der Waals surface area contributed by atoms with Crippen LogP contribution in [-0.4, -0.2) is 4.57 Å². The van der Waals surface area contributed by atoms with Crippen LogP contribution in [0.3, 0.4) is 0 Å². The second kappa shape index (κ2) is 10.8. The largest absolute Gasteiger partial charge is 0.324 e. The zero-order valence-electron chi connectivity index (χ0n) is 11.0. The first-order chi connectivity index (χ1) is 7.24. The van der Waals surface area contributed by atoms with Crippen molar-refractivity contribution in [2.75, 3.05) is 0 Å². The summed E-state index contributed by atoms with van der Waals surface area (Å²) in [6.07, 6.45) is 5.94. The first-order valence-corrected chi connectivity index (χ1v) is 5.68. The van der Waals surface area contributed by atoms with Gasteiger partial charge in [-0.1, -0.05) is 39.8 Å². The molecular weight excluding hydrogens is 182 g/mol. The van der Waals surface area contributed by atoms with Gasteiger partial charge in [0.2, 0.25) is 0 Å². The van der Waals surface area contributed by atoms with Crippen molar-refractivity contribution in [1.29, 1.82) is 0 Å². The van der Waals surface area contributed by atoms with Crippen LogP contribution in [0.4, 0.5) is 0 Å². The Hall–Kier alpha value is -1.24. The summed E-state index contributed by atoms with van der Waals surface area (Å²) >= 11 is 0. The van der Waals surface area contributed by atoms with Crippen LogP contribution in [0.5, 0.6) is 0 Å². The van der Waals surface area contributed by atoms with E-state index in [0.717, 1.165) is 5.69 Å². The van der Waals surface area contributed by atoms with Gasteiger partial charge in [0, 0.05) is 18.1 Å². The predicted octanol–water partition coefficient (Wildman–Crippen LogP) is 5.06. The van der Waals surface area contributed by atoms with Crippen molar-refractivity contribution < 1.29 is 0 Å². The smallest absolute Gasteiger partial charge is 0.0443 e. The molecule has 1 rings (SSSR count). The Bertz CT molecular complexity index is 275. The first-order valence-electron chi connectivity index (χ1n) is 5.68. The van der Waals surface area contributed by atoms with Gasteiger partial charge < -0.3 is 4.57 Å². The molecule has 0 spiro atoms. The summed E-state index contributed by atoms with van der Waals surface area (Å²) in [5, 5.41) is 0. The van der Waals surface area contributed by atoms with Gasteiger partial charge in [0.1, 0.15) is 0 Å². The molecule has 0 atom stereocenters. The number of hydrogen-bond acceptors (Lipinski definition) is 0. The number of rotatable bonds is 2. The van der Waals surface area contributed by atoms with E-state index in [4.69, 9.17) is 0 Å². The molecule has 0 saturated heterocycles. The highest BCUT2D eigenvalue weighted by Crippen LogP contribution is 2.05. The van der Waals surface area contributed by atoms with Gasteiger partial charge in [-0.15, -0.1) is 0 Å². The predicted molar refractivity (Wildman–Crippen MR) is 72.8 cm³/mol. The molecule has 0 unspecified atom stereocenters. The van der Waals surface area contributed by atoms with Crippen molar-refractivity contribution >= 4 is 12.3 Å². The fourth-order valence-electron chi connectivity index (χ4n) is 0.976. The summed E-state index contributed by atoms with van der Waals surface area (Å²) in [7, 11) is 0. The third kappa shape index (κ3) is 6.78. The quantitative estimate of drug-likeness (QED) is 0.638. The molecule has 0 aliphatic carbocycles. The maximum atomic E-state index is 3.72. The van der Waals surface area contributed by atoms with Crippen LogP contribution < -0.4 is 0 Å². The lowest BCUT2D eigenvalue weighted by Gasteiger charge is -1.98. The molecule has 0 radical (unpaired) electrons. The third-order valence-corrected chi connectivity index (χ3v) is 1.42. The minimum atomic E-state index is 1.13. The minimum Gasteiger partial charge on any atom is -0.324 e. The number of hydrogen-bond donors (Lipinski definition) is 0. The molecule has 0 N–H and O–H groups in total. The van der Waals surface area contributed by atoms with Crippen molar-refractivity contribution in [3.8, 4) is 0 Å². The van der Waals surface area contributed by atoms with E-state index in [2.05, 4.69) is 31.2 Å². The molecule has 0 bridgehead atoms. The van der Waals surface area contributed by atoms with Crippen molar-refractivity contribution in [3.05, 3.63) is 36.2 Å². The van der Waals surface area contributed by atoms with E-state index >= 15 is 0 Å². The minimum absolute atomic E-state index is 1.13. The lowest BCUT2D eigenvalue weighted by atomic mass is 10.4. The molecule has 0 aromatic carbocycles. The molecule has 1 aromatic heterocycles. The van der Waals surface area contributed by atoms with E-state index in [0.29, 0.717) is 0 Å². The van der Waals surface area contributed by atoms with E-state index in [1.165, 1.54) is 5.57 Å². The highest BCUT2D eigenvalue weighted by atomic mass is 14.9. The Morgan fingerprint density at radius 3 is 2.13 bits per heavy atom. The molecular formula is C14H25N. The van der Waals surface area contributed by atoms with Crippen LogP contribution in [0.2, 0.25) is 0 Å². The number of aromatic nitrogens is 1. The molecule has 1 aromatic rings. The van der Waals surface area contributed by atoms with Crippen LogP contribution in [0.25, 0.3) is 12.3 Å². The molecule has 1 heterocycles. The van der Waals surface area contributed by atoms with Gasteiger partial charge in [-0.3, -0.25) is 0 Å². The molecule has 0 aliphatic rings. The van der Waals surface area contributed by atoms with Crippen LogP contribution in [0, 0.1) is 0 Å².